The molecule has 0 spiro atoms. The molecule has 17 heavy (non-hydrogen) atoms. The lowest BCUT2D eigenvalue weighted by molar-refractivity contribution is 0.481. The lowest BCUT2D eigenvalue weighted by Crippen LogP contribution is -2.23. The van der Waals surface area contributed by atoms with Crippen molar-refractivity contribution in [2.24, 2.45) is 0 Å². The molecule has 1 N–H and O–H groups in total. The van der Waals surface area contributed by atoms with Crippen LogP contribution in [0.15, 0.2) is 4.42 Å². The zero-order chi connectivity index (χ0) is 12.0. The van der Waals surface area contributed by atoms with E-state index in [9.17, 15) is 0 Å². The van der Waals surface area contributed by atoms with Crippen LogP contribution in [0, 0.1) is 20.8 Å². The van der Waals surface area contributed by atoms with Gasteiger partial charge in [-0.1, -0.05) is 0 Å². The topological polar surface area (TPSA) is 55.9 Å². The highest BCUT2D eigenvalue weighted by Crippen LogP contribution is 2.21. The highest BCUT2D eigenvalue weighted by molar-refractivity contribution is 5.31. The minimum absolute atomic E-state index is 0.576. The Morgan fingerprint density at radius 3 is 2.76 bits per heavy atom. The van der Waals surface area contributed by atoms with Crippen LogP contribution >= 0.6 is 0 Å². The first-order valence-corrected chi connectivity index (χ1v) is 5.89. The molecule has 3 heterocycles. The van der Waals surface area contributed by atoms with Crippen LogP contribution in [0.3, 0.4) is 0 Å². The average Bonchev–Trinajstić information content (AvgIpc) is 2.82. The number of oxazole rings is 1. The van der Waals surface area contributed by atoms with Crippen LogP contribution in [0.2, 0.25) is 0 Å². The summed E-state index contributed by atoms with van der Waals surface area (Å²) in [5, 5.41) is 7.90. The third kappa shape index (κ3) is 1.58. The molecule has 0 fully saturated rings. The van der Waals surface area contributed by atoms with E-state index in [0.29, 0.717) is 6.01 Å². The Bertz CT molecular complexity index is 548. The number of aryl methyl sites for hydroxylation is 2. The third-order valence-electron chi connectivity index (χ3n) is 3.37. The van der Waals surface area contributed by atoms with Crippen molar-refractivity contribution in [3.05, 3.63) is 28.4 Å². The first-order chi connectivity index (χ1) is 8.16. The van der Waals surface area contributed by atoms with E-state index in [1.165, 1.54) is 5.56 Å². The van der Waals surface area contributed by atoms with Gasteiger partial charge in [-0.15, -0.1) is 0 Å². The molecule has 0 amide bonds. The number of rotatable bonds is 1. The number of hydrogen-bond donors (Lipinski definition) is 1. The van der Waals surface area contributed by atoms with Gasteiger partial charge >= 0.3 is 6.01 Å². The lowest BCUT2D eigenvalue weighted by atomic mass is 10.1. The van der Waals surface area contributed by atoms with Gasteiger partial charge in [0.25, 0.3) is 0 Å². The van der Waals surface area contributed by atoms with Crippen molar-refractivity contribution in [1.29, 1.82) is 0 Å². The Kier molecular flexibility index (Phi) is 2.29. The molecule has 1 aliphatic heterocycles. The number of hydrogen-bond acceptors (Lipinski definition) is 4. The van der Waals surface area contributed by atoms with Crippen LogP contribution in [0.1, 0.15) is 28.4 Å². The van der Waals surface area contributed by atoms with E-state index >= 15 is 0 Å². The van der Waals surface area contributed by atoms with Crippen molar-refractivity contribution < 1.29 is 4.42 Å². The molecule has 0 bridgehead atoms. The van der Waals surface area contributed by atoms with Crippen molar-refractivity contribution >= 4 is 0 Å². The van der Waals surface area contributed by atoms with Gasteiger partial charge in [0.1, 0.15) is 5.76 Å². The standard InChI is InChI=1S/C12H16N4O/c1-7-9(3)17-12(14-7)16-8(2)10-4-5-13-6-11(10)15-16/h13H,4-6H2,1-3H3. The number of fused-ring (bicyclic) bond motifs is 1. The maximum absolute atomic E-state index is 5.63. The number of nitrogens with zero attached hydrogens (tertiary/aromatic N) is 3. The first kappa shape index (κ1) is 10.5. The van der Waals surface area contributed by atoms with Gasteiger partial charge in [0.2, 0.25) is 0 Å². The summed E-state index contributed by atoms with van der Waals surface area (Å²) in [6.07, 6.45) is 1.03. The summed E-state index contributed by atoms with van der Waals surface area (Å²) in [5.41, 5.74) is 4.51. The van der Waals surface area contributed by atoms with Crippen LogP contribution < -0.4 is 5.32 Å². The fourth-order valence-corrected chi connectivity index (χ4v) is 2.21. The second kappa shape index (κ2) is 3.70. The summed E-state index contributed by atoms with van der Waals surface area (Å²) in [4.78, 5) is 4.40. The van der Waals surface area contributed by atoms with E-state index in [4.69, 9.17) is 4.42 Å². The summed E-state index contributed by atoms with van der Waals surface area (Å²) >= 11 is 0. The second-order valence-corrected chi connectivity index (χ2v) is 4.49. The summed E-state index contributed by atoms with van der Waals surface area (Å²) in [6.45, 7) is 7.80. The van der Waals surface area contributed by atoms with Crippen molar-refractivity contribution in [2.75, 3.05) is 6.54 Å². The quantitative estimate of drug-likeness (QED) is 0.808. The zero-order valence-electron chi connectivity index (χ0n) is 10.4. The molecule has 2 aromatic rings. The van der Waals surface area contributed by atoms with E-state index in [0.717, 1.165) is 42.4 Å². The van der Waals surface area contributed by atoms with Crippen molar-refractivity contribution in [3.63, 3.8) is 0 Å². The fraction of sp³-hybridized carbons (Fsp3) is 0.500. The van der Waals surface area contributed by atoms with Gasteiger partial charge in [0, 0.05) is 12.2 Å². The molecule has 5 heteroatoms. The molecule has 0 atom stereocenters. The maximum atomic E-state index is 5.63. The molecule has 0 aromatic carbocycles. The molecule has 90 valence electrons. The molecule has 2 aromatic heterocycles. The number of nitrogens with one attached hydrogen (secondary N) is 1. The van der Waals surface area contributed by atoms with E-state index in [1.54, 1.807) is 0 Å². The Balaban J connectivity index is 2.11. The van der Waals surface area contributed by atoms with Crippen molar-refractivity contribution in [3.8, 4) is 6.01 Å². The maximum Gasteiger partial charge on any atom is 0.323 e. The first-order valence-electron chi connectivity index (χ1n) is 5.89. The van der Waals surface area contributed by atoms with Gasteiger partial charge in [0.15, 0.2) is 0 Å². The molecular weight excluding hydrogens is 216 g/mol. The summed E-state index contributed by atoms with van der Waals surface area (Å²) in [7, 11) is 0. The van der Waals surface area contributed by atoms with Gasteiger partial charge in [-0.05, 0) is 39.3 Å². The predicted octanol–water partition coefficient (Wildman–Crippen LogP) is 1.43. The molecule has 0 unspecified atom stereocenters. The predicted molar refractivity (Wildman–Crippen MR) is 63.2 cm³/mol. The summed E-state index contributed by atoms with van der Waals surface area (Å²) in [6, 6.07) is 0.576. The molecule has 0 saturated carbocycles. The van der Waals surface area contributed by atoms with Gasteiger partial charge in [-0.25, -0.2) is 0 Å². The Hall–Kier alpha value is -1.62. The van der Waals surface area contributed by atoms with Gasteiger partial charge < -0.3 is 9.73 Å². The molecule has 1 aliphatic rings. The molecule has 0 radical (unpaired) electrons. The fourth-order valence-electron chi connectivity index (χ4n) is 2.21. The Morgan fingerprint density at radius 2 is 2.12 bits per heavy atom. The van der Waals surface area contributed by atoms with Gasteiger partial charge in [0.05, 0.1) is 11.4 Å². The molecular formula is C12H16N4O. The average molecular weight is 232 g/mol. The smallest absolute Gasteiger partial charge is 0.323 e. The lowest BCUT2D eigenvalue weighted by Gasteiger charge is -2.10. The monoisotopic (exact) mass is 232 g/mol. The van der Waals surface area contributed by atoms with Gasteiger partial charge in [-0.2, -0.15) is 14.8 Å². The largest absolute Gasteiger partial charge is 0.427 e. The molecule has 3 rings (SSSR count). The minimum atomic E-state index is 0.576. The molecule has 0 saturated heterocycles. The van der Waals surface area contributed by atoms with Crippen molar-refractivity contribution in [1.82, 2.24) is 20.1 Å². The van der Waals surface area contributed by atoms with Crippen LogP contribution in [-0.4, -0.2) is 21.3 Å². The van der Waals surface area contributed by atoms with E-state index in [2.05, 4.69) is 22.3 Å². The van der Waals surface area contributed by atoms with E-state index in [1.807, 2.05) is 18.5 Å². The molecule has 5 nitrogen and oxygen atoms in total. The van der Waals surface area contributed by atoms with Crippen LogP contribution in [-0.2, 0) is 13.0 Å². The minimum Gasteiger partial charge on any atom is -0.427 e. The van der Waals surface area contributed by atoms with Crippen LogP contribution in [0.25, 0.3) is 6.01 Å². The SMILES string of the molecule is Cc1nc(-n2nc3c(c2C)CCNC3)oc1C. The Labute approximate surface area is 99.8 Å². The third-order valence-corrected chi connectivity index (χ3v) is 3.37. The zero-order valence-corrected chi connectivity index (χ0v) is 10.4. The van der Waals surface area contributed by atoms with E-state index in [-0.39, 0.29) is 0 Å². The van der Waals surface area contributed by atoms with Crippen molar-refractivity contribution in [2.45, 2.75) is 33.7 Å². The normalized spacial score (nSPS) is 15.0. The summed E-state index contributed by atoms with van der Waals surface area (Å²) < 4.78 is 7.44. The second-order valence-electron chi connectivity index (χ2n) is 4.49. The Morgan fingerprint density at radius 1 is 1.29 bits per heavy atom. The number of aromatic nitrogens is 3. The van der Waals surface area contributed by atoms with Crippen LogP contribution in [0.5, 0.6) is 0 Å². The van der Waals surface area contributed by atoms with Gasteiger partial charge in [-0.3, -0.25) is 0 Å². The highest BCUT2D eigenvalue weighted by Gasteiger charge is 2.20. The summed E-state index contributed by atoms with van der Waals surface area (Å²) in [5.74, 6) is 0.853. The molecule has 0 aliphatic carbocycles. The highest BCUT2D eigenvalue weighted by atomic mass is 16.4. The van der Waals surface area contributed by atoms with E-state index < -0.39 is 0 Å². The van der Waals surface area contributed by atoms with Crippen LogP contribution in [0.4, 0.5) is 0 Å².